The zero-order valence-electron chi connectivity index (χ0n) is 15.3. The summed E-state index contributed by atoms with van der Waals surface area (Å²) in [7, 11) is 0. The van der Waals surface area contributed by atoms with Crippen molar-refractivity contribution in [1.82, 2.24) is 5.32 Å². The normalized spacial score (nSPS) is 13.1. The molecule has 0 fully saturated rings. The van der Waals surface area contributed by atoms with E-state index < -0.39 is 12.0 Å². The summed E-state index contributed by atoms with van der Waals surface area (Å²) in [5, 5.41) is 14.4. The molecule has 1 unspecified atom stereocenters. The summed E-state index contributed by atoms with van der Waals surface area (Å²) in [5.41, 5.74) is 1.98. The zero-order valence-corrected chi connectivity index (χ0v) is 15.3. The predicted octanol–water partition coefficient (Wildman–Crippen LogP) is 4.15. The molecule has 0 spiro atoms. The van der Waals surface area contributed by atoms with E-state index in [4.69, 9.17) is 0 Å². The Morgan fingerprint density at radius 2 is 1.59 bits per heavy atom. The smallest absolute Gasteiger partial charge is 0.326 e. The van der Waals surface area contributed by atoms with Crippen LogP contribution in [0.4, 0.5) is 0 Å². The van der Waals surface area contributed by atoms with Gasteiger partial charge in [0.2, 0.25) is 5.91 Å². The highest BCUT2D eigenvalue weighted by molar-refractivity contribution is 5.88. The number of carboxylic acids is 1. The fourth-order valence-electron chi connectivity index (χ4n) is 3.32. The molecule has 3 rings (SSSR count). The van der Waals surface area contributed by atoms with Crippen molar-refractivity contribution < 1.29 is 14.7 Å². The number of carbonyl (C=O) groups excluding carboxylic acids is 1. The summed E-state index contributed by atoms with van der Waals surface area (Å²) in [6, 6.07) is 22.5. The molecule has 3 aromatic carbocycles. The molecule has 0 saturated heterocycles. The summed E-state index contributed by atoms with van der Waals surface area (Å²) in [4.78, 5) is 24.1. The van der Waals surface area contributed by atoms with Gasteiger partial charge in [-0.2, -0.15) is 0 Å². The maximum atomic E-state index is 12.4. The highest BCUT2D eigenvalue weighted by atomic mass is 16.4. The minimum Gasteiger partial charge on any atom is -0.480 e. The standard InChI is InChI=1S/C23H23NO3/c1-16(17-8-3-2-4-9-17)14-22(25)24-21(23(26)27)15-19-12-7-11-18-10-5-6-13-20(18)19/h2-13,16,21H,14-15H2,1H3,(H,24,25)(H,26,27)/t16?,21-/m0/s1. The molecule has 0 radical (unpaired) electrons. The Balaban J connectivity index is 1.70. The lowest BCUT2D eigenvalue weighted by Gasteiger charge is -2.18. The Kier molecular flexibility index (Phi) is 5.87. The lowest BCUT2D eigenvalue weighted by molar-refractivity contribution is -0.141. The molecular formula is C23H23NO3. The van der Waals surface area contributed by atoms with Gasteiger partial charge in [-0.25, -0.2) is 4.79 Å². The van der Waals surface area contributed by atoms with E-state index in [-0.39, 0.29) is 24.7 Å². The van der Waals surface area contributed by atoms with Crippen LogP contribution in [0.5, 0.6) is 0 Å². The van der Waals surface area contributed by atoms with Crippen LogP contribution < -0.4 is 5.32 Å². The Bertz CT molecular complexity index is 931. The molecule has 0 heterocycles. The van der Waals surface area contributed by atoms with Crippen LogP contribution in [0.25, 0.3) is 10.8 Å². The molecule has 0 aliphatic rings. The monoisotopic (exact) mass is 361 g/mol. The van der Waals surface area contributed by atoms with Crippen molar-refractivity contribution in [2.75, 3.05) is 0 Å². The van der Waals surface area contributed by atoms with Crippen molar-refractivity contribution >= 4 is 22.6 Å². The van der Waals surface area contributed by atoms with Crippen molar-refractivity contribution in [1.29, 1.82) is 0 Å². The average molecular weight is 361 g/mol. The maximum Gasteiger partial charge on any atom is 0.326 e. The molecule has 0 aliphatic carbocycles. The molecule has 138 valence electrons. The predicted molar refractivity (Wildman–Crippen MR) is 107 cm³/mol. The van der Waals surface area contributed by atoms with Crippen LogP contribution in [0.15, 0.2) is 72.8 Å². The SMILES string of the molecule is CC(CC(=O)N[C@@H](Cc1cccc2ccccc12)C(=O)O)c1ccccc1. The molecule has 1 amide bonds. The number of hydrogen-bond donors (Lipinski definition) is 2. The van der Waals surface area contributed by atoms with Crippen molar-refractivity contribution in [3.05, 3.63) is 83.9 Å². The first-order valence-corrected chi connectivity index (χ1v) is 9.08. The van der Waals surface area contributed by atoms with Crippen molar-refractivity contribution in [3.63, 3.8) is 0 Å². The van der Waals surface area contributed by atoms with Crippen molar-refractivity contribution in [3.8, 4) is 0 Å². The Morgan fingerprint density at radius 3 is 2.33 bits per heavy atom. The third-order valence-electron chi connectivity index (χ3n) is 4.80. The fourth-order valence-corrected chi connectivity index (χ4v) is 3.32. The first-order valence-electron chi connectivity index (χ1n) is 9.08. The van der Waals surface area contributed by atoms with Gasteiger partial charge in [-0.1, -0.05) is 79.7 Å². The Hall–Kier alpha value is -3.14. The third kappa shape index (κ3) is 4.73. The van der Waals surface area contributed by atoms with Gasteiger partial charge in [-0.3, -0.25) is 4.79 Å². The van der Waals surface area contributed by atoms with Crippen LogP contribution in [0.3, 0.4) is 0 Å². The first kappa shape index (κ1) is 18.6. The van der Waals surface area contributed by atoms with Crippen molar-refractivity contribution in [2.24, 2.45) is 0 Å². The summed E-state index contributed by atoms with van der Waals surface area (Å²) in [6.45, 7) is 1.97. The van der Waals surface area contributed by atoms with E-state index in [9.17, 15) is 14.7 Å². The molecule has 2 atom stereocenters. The molecule has 2 N–H and O–H groups in total. The van der Waals surface area contributed by atoms with Gasteiger partial charge in [0.1, 0.15) is 6.04 Å². The average Bonchev–Trinajstić information content (AvgIpc) is 2.68. The zero-order chi connectivity index (χ0) is 19.2. The second kappa shape index (κ2) is 8.49. The summed E-state index contributed by atoms with van der Waals surface area (Å²) >= 11 is 0. The van der Waals surface area contributed by atoms with E-state index in [0.29, 0.717) is 0 Å². The van der Waals surface area contributed by atoms with E-state index >= 15 is 0 Å². The molecule has 0 bridgehead atoms. The van der Waals surface area contributed by atoms with Gasteiger partial charge in [0, 0.05) is 12.8 Å². The van der Waals surface area contributed by atoms with Gasteiger partial charge in [-0.15, -0.1) is 0 Å². The Morgan fingerprint density at radius 1 is 0.926 bits per heavy atom. The largest absolute Gasteiger partial charge is 0.480 e. The van der Waals surface area contributed by atoms with Crippen LogP contribution in [0.2, 0.25) is 0 Å². The number of carboxylic acid groups (broad SMARTS) is 1. The minimum absolute atomic E-state index is 0.0261. The maximum absolute atomic E-state index is 12.4. The lowest BCUT2D eigenvalue weighted by atomic mass is 9.96. The number of carbonyl (C=O) groups is 2. The van der Waals surface area contributed by atoms with Crippen LogP contribution in [0.1, 0.15) is 30.4 Å². The molecule has 0 aliphatic heterocycles. The van der Waals surface area contributed by atoms with Gasteiger partial charge in [0.25, 0.3) is 0 Å². The number of aliphatic carboxylic acids is 1. The molecule has 4 nitrogen and oxygen atoms in total. The summed E-state index contributed by atoms with van der Waals surface area (Å²) in [5.74, 6) is -1.25. The van der Waals surface area contributed by atoms with Crippen LogP contribution in [-0.2, 0) is 16.0 Å². The molecule has 3 aromatic rings. The second-order valence-corrected chi connectivity index (χ2v) is 6.82. The fraction of sp³-hybridized carbons (Fsp3) is 0.217. The van der Waals surface area contributed by atoms with Gasteiger partial charge in [-0.05, 0) is 27.8 Å². The van der Waals surface area contributed by atoms with Gasteiger partial charge in [0.15, 0.2) is 0 Å². The van der Waals surface area contributed by atoms with E-state index in [2.05, 4.69) is 5.32 Å². The number of benzene rings is 3. The number of hydrogen-bond acceptors (Lipinski definition) is 2. The Labute approximate surface area is 158 Å². The number of amides is 1. The number of rotatable bonds is 7. The number of nitrogens with one attached hydrogen (secondary N) is 1. The molecule has 0 aromatic heterocycles. The highest BCUT2D eigenvalue weighted by Crippen LogP contribution is 2.21. The topological polar surface area (TPSA) is 66.4 Å². The van der Waals surface area contributed by atoms with E-state index in [1.807, 2.05) is 79.7 Å². The van der Waals surface area contributed by atoms with Gasteiger partial charge < -0.3 is 10.4 Å². The molecule has 27 heavy (non-hydrogen) atoms. The molecule has 4 heteroatoms. The van der Waals surface area contributed by atoms with Gasteiger partial charge >= 0.3 is 5.97 Å². The highest BCUT2D eigenvalue weighted by Gasteiger charge is 2.22. The first-order chi connectivity index (χ1) is 13.0. The van der Waals surface area contributed by atoms with Crippen molar-refractivity contribution in [2.45, 2.75) is 31.7 Å². The molecule has 0 saturated carbocycles. The number of fused-ring (bicyclic) bond motifs is 1. The summed E-state index contributed by atoms with van der Waals surface area (Å²) < 4.78 is 0. The third-order valence-corrected chi connectivity index (χ3v) is 4.80. The van der Waals surface area contributed by atoms with Crippen LogP contribution in [-0.4, -0.2) is 23.0 Å². The van der Waals surface area contributed by atoms with Gasteiger partial charge in [0.05, 0.1) is 0 Å². The minimum atomic E-state index is -1.02. The second-order valence-electron chi connectivity index (χ2n) is 6.82. The van der Waals surface area contributed by atoms with E-state index in [0.717, 1.165) is 21.9 Å². The van der Waals surface area contributed by atoms with Crippen LogP contribution >= 0.6 is 0 Å². The molecular weight excluding hydrogens is 338 g/mol. The quantitative estimate of drug-likeness (QED) is 0.664. The lowest BCUT2D eigenvalue weighted by Crippen LogP contribution is -2.42. The summed E-state index contributed by atoms with van der Waals surface area (Å²) in [6.07, 6.45) is 0.505. The van der Waals surface area contributed by atoms with Crippen LogP contribution in [0, 0.1) is 0 Å². The van der Waals surface area contributed by atoms with E-state index in [1.165, 1.54) is 0 Å². The van der Waals surface area contributed by atoms with E-state index in [1.54, 1.807) is 0 Å².